The standard InChI is InChI=1S/C15H21NOS2/c1-15(2)11-16(8-9-19-15)10-14(17)12-4-6-13(18-3)7-5-12/h4-7H,8-11H2,1-3H3. The number of hydrogen-bond donors (Lipinski definition) is 0. The molecule has 19 heavy (non-hydrogen) atoms. The maximum Gasteiger partial charge on any atom is 0.176 e. The summed E-state index contributed by atoms with van der Waals surface area (Å²) < 4.78 is 0.265. The van der Waals surface area contributed by atoms with Crippen LogP contribution < -0.4 is 0 Å². The molecule has 1 aliphatic rings. The van der Waals surface area contributed by atoms with Gasteiger partial charge in [0.2, 0.25) is 0 Å². The number of rotatable bonds is 4. The highest BCUT2D eigenvalue weighted by Crippen LogP contribution is 2.29. The summed E-state index contributed by atoms with van der Waals surface area (Å²) >= 11 is 3.70. The predicted octanol–water partition coefficient (Wildman–Crippen LogP) is 3.42. The second-order valence-corrected chi connectivity index (χ2v) is 8.15. The van der Waals surface area contributed by atoms with Crippen molar-refractivity contribution in [3.63, 3.8) is 0 Å². The van der Waals surface area contributed by atoms with Crippen LogP contribution in [-0.2, 0) is 0 Å². The van der Waals surface area contributed by atoms with E-state index in [9.17, 15) is 4.79 Å². The van der Waals surface area contributed by atoms with Gasteiger partial charge in [-0.25, -0.2) is 0 Å². The number of nitrogens with zero attached hydrogens (tertiary/aromatic N) is 1. The van der Waals surface area contributed by atoms with Gasteiger partial charge in [-0.3, -0.25) is 9.69 Å². The molecule has 1 aromatic carbocycles. The molecule has 0 saturated carbocycles. The molecule has 0 bridgehead atoms. The minimum atomic E-state index is 0.232. The summed E-state index contributed by atoms with van der Waals surface area (Å²) in [5.74, 6) is 1.35. The van der Waals surface area contributed by atoms with Gasteiger partial charge < -0.3 is 0 Å². The summed E-state index contributed by atoms with van der Waals surface area (Å²) in [5, 5.41) is 0. The Hall–Kier alpha value is -0.450. The molecule has 0 N–H and O–H groups in total. The minimum Gasteiger partial charge on any atom is -0.294 e. The zero-order chi connectivity index (χ0) is 13.9. The van der Waals surface area contributed by atoms with Crippen molar-refractivity contribution in [2.45, 2.75) is 23.5 Å². The highest BCUT2D eigenvalue weighted by molar-refractivity contribution is 8.00. The fraction of sp³-hybridized carbons (Fsp3) is 0.533. The first-order valence-corrected chi connectivity index (χ1v) is 8.75. The number of benzene rings is 1. The van der Waals surface area contributed by atoms with Crippen LogP contribution >= 0.6 is 23.5 Å². The largest absolute Gasteiger partial charge is 0.294 e. The highest BCUT2D eigenvalue weighted by Gasteiger charge is 2.28. The van der Waals surface area contributed by atoms with Crippen molar-refractivity contribution in [1.82, 2.24) is 4.90 Å². The monoisotopic (exact) mass is 295 g/mol. The van der Waals surface area contributed by atoms with Gasteiger partial charge in [-0.05, 0) is 32.2 Å². The molecule has 1 fully saturated rings. The Kier molecular flexibility index (Phi) is 4.98. The Bertz CT molecular complexity index is 442. The van der Waals surface area contributed by atoms with Crippen LogP contribution in [-0.4, -0.2) is 47.1 Å². The second kappa shape index (κ2) is 6.33. The predicted molar refractivity (Wildman–Crippen MR) is 85.5 cm³/mol. The van der Waals surface area contributed by atoms with Crippen molar-refractivity contribution in [2.24, 2.45) is 0 Å². The van der Waals surface area contributed by atoms with Crippen LogP contribution in [0.15, 0.2) is 29.2 Å². The van der Waals surface area contributed by atoms with E-state index in [1.54, 1.807) is 11.8 Å². The third-order valence-electron chi connectivity index (χ3n) is 3.28. The van der Waals surface area contributed by atoms with Crippen LogP contribution in [0.1, 0.15) is 24.2 Å². The van der Waals surface area contributed by atoms with E-state index in [2.05, 4.69) is 18.7 Å². The first-order valence-electron chi connectivity index (χ1n) is 6.54. The van der Waals surface area contributed by atoms with Gasteiger partial charge in [0.1, 0.15) is 0 Å². The maximum atomic E-state index is 12.3. The van der Waals surface area contributed by atoms with E-state index in [-0.39, 0.29) is 10.5 Å². The number of thioether (sulfide) groups is 2. The Balaban J connectivity index is 1.96. The van der Waals surface area contributed by atoms with E-state index < -0.39 is 0 Å². The smallest absolute Gasteiger partial charge is 0.176 e. The van der Waals surface area contributed by atoms with Crippen molar-refractivity contribution >= 4 is 29.3 Å². The molecule has 0 aromatic heterocycles. The Morgan fingerprint density at radius 3 is 2.63 bits per heavy atom. The van der Waals surface area contributed by atoms with E-state index in [0.717, 1.165) is 24.4 Å². The molecule has 1 aliphatic heterocycles. The number of hydrogen-bond acceptors (Lipinski definition) is 4. The van der Waals surface area contributed by atoms with Gasteiger partial charge >= 0.3 is 0 Å². The lowest BCUT2D eigenvalue weighted by Crippen LogP contribution is -2.45. The van der Waals surface area contributed by atoms with Gasteiger partial charge in [-0.15, -0.1) is 11.8 Å². The highest BCUT2D eigenvalue weighted by atomic mass is 32.2. The fourth-order valence-electron chi connectivity index (χ4n) is 2.32. The summed E-state index contributed by atoms with van der Waals surface area (Å²) in [6.07, 6.45) is 2.05. The van der Waals surface area contributed by atoms with Crippen molar-refractivity contribution in [1.29, 1.82) is 0 Å². The van der Waals surface area contributed by atoms with E-state index in [1.165, 1.54) is 4.90 Å². The zero-order valence-corrected chi connectivity index (χ0v) is 13.4. The summed E-state index contributed by atoms with van der Waals surface area (Å²) in [7, 11) is 0. The van der Waals surface area contributed by atoms with Gasteiger partial charge in [0, 0.05) is 34.0 Å². The van der Waals surface area contributed by atoms with Crippen LogP contribution in [0, 0.1) is 0 Å². The minimum absolute atomic E-state index is 0.232. The average molecular weight is 295 g/mol. The van der Waals surface area contributed by atoms with E-state index in [4.69, 9.17) is 0 Å². The molecule has 0 spiro atoms. The van der Waals surface area contributed by atoms with Gasteiger partial charge in [-0.2, -0.15) is 11.8 Å². The normalized spacial score (nSPS) is 19.3. The summed E-state index contributed by atoms with van der Waals surface area (Å²) in [5.41, 5.74) is 0.828. The molecule has 0 atom stereocenters. The number of ketones is 1. The molecule has 0 radical (unpaired) electrons. The lowest BCUT2D eigenvalue weighted by molar-refractivity contribution is 0.0927. The van der Waals surface area contributed by atoms with Gasteiger partial charge in [0.15, 0.2) is 5.78 Å². The van der Waals surface area contributed by atoms with E-state index in [1.807, 2.05) is 42.3 Å². The van der Waals surface area contributed by atoms with Gasteiger partial charge in [-0.1, -0.05) is 12.1 Å². The molecular weight excluding hydrogens is 274 g/mol. The molecule has 0 unspecified atom stereocenters. The third-order valence-corrected chi connectivity index (χ3v) is 5.32. The average Bonchev–Trinajstić information content (AvgIpc) is 2.37. The Labute approximate surface area is 124 Å². The quantitative estimate of drug-likeness (QED) is 0.626. The molecule has 2 rings (SSSR count). The first kappa shape index (κ1) is 14.9. The molecule has 4 heteroatoms. The molecule has 0 aliphatic carbocycles. The molecule has 104 valence electrons. The second-order valence-electron chi connectivity index (χ2n) is 5.47. The lowest BCUT2D eigenvalue weighted by atomic mass is 10.1. The van der Waals surface area contributed by atoms with Crippen molar-refractivity contribution in [3.8, 4) is 0 Å². The topological polar surface area (TPSA) is 20.3 Å². The molecule has 1 aromatic rings. The molecule has 2 nitrogen and oxygen atoms in total. The maximum absolute atomic E-state index is 12.3. The number of carbonyl (C=O) groups excluding carboxylic acids is 1. The van der Waals surface area contributed by atoms with Gasteiger partial charge in [0.25, 0.3) is 0 Å². The van der Waals surface area contributed by atoms with Crippen LogP contribution in [0.25, 0.3) is 0 Å². The first-order chi connectivity index (χ1) is 9.00. The molecule has 0 amide bonds. The number of Topliss-reactive ketones (excluding diaryl/α,β-unsaturated/α-hetero) is 1. The van der Waals surface area contributed by atoms with E-state index in [0.29, 0.717) is 6.54 Å². The summed E-state index contributed by atoms with van der Waals surface area (Å²) in [6, 6.07) is 7.93. The molecule has 1 heterocycles. The summed E-state index contributed by atoms with van der Waals surface area (Å²) in [6.45, 7) is 7.06. The van der Waals surface area contributed by atoms with Crippen molar-refractivity contribution in [2.75, 3.05) is 31.6 Å². The molecular formula is C15H21NOS2. The fourth-order valence-corrected chi connectivity index (χ4v) is 3.90. The van der Waals surface area contributed by atoms with Crippen molar-refractivity contribution in [3.05, 3.63) is 29.8 Å². The van der Waals surface area contributed by atoms with Crippen LogP contribution in [0.5, 0.6) is 0 Å². The van der Waals surface area contributed by atoms with Gasteiger partial charge in [0.05, 0.1) is 6.54 Å². The lowest BCUT2D eigenvalue weighted by Gasteiger charge is -2.37. The zero-order valence-electron chi connectivity index (χ0n) is 11.8. The SMILES string of the molecule is CSc1ccc(C(=O)CN2CCSC(C)(C)C2)cc1. The van der Waals surface area contributed by atoms with Crippen molar-refractivity contribution < 1.29 is 4.79 Å². The Morgan fingerprint density at radius 1 is 1.37 bits per heavy atom. The summed E-state index contributed by atoms with van der Waals surface area (Å²) in [4.78, 5) is 15.7. The third kappa shape index (κ3) is 4.26. The van der Waals surface area contributed by atoms with E-state index >= 15 is 0 Å². The number of carbonyl (C=O) groups is 1. The molecule has 1 saturated heterocycles. The van der Waals surface area contributed by atoms with Crippen LogP contribution in [0.2, 0.25) is 0 Å². The Morgan fingerprint density at radius 2 is 2.05 bits per heavy atom. The van der Waals surface area contributed by atoms with Crippen LogP contribution in [0.3, 0.4) is 0 Å². The van der Waals surface area contributed by atoms with Crippen LogP contribution in [0.4, 0.5) is 0 Å².